The van der Waals surface area contributed by atoms with E-state index in [1.54, 1.807) is 18.2 Å². The highest BCUT2D eigenvalue weighted by atomic mass is 35.5. The summed E-state index contributed by atoms with van der Waals surface area (Å²) in [4.78, 5) is 36.8. The molecule has 20 heavy (non-hydrogen) atoms. The number of ketones is 2. The number of hydrogen-bond donors (Lipinski definition) is 0. The lowest BCUT2D eigenvalue weighted by atomic mass is 9.89. The molecule has 1 aliphatic rings. The fourth-order valence-corrected chi connectivity index (χ4v) is 3.41. The first-order chi connectivity index (χ1) is 9.54. The van der Waals surface area contributed by atoms with Crippen molar-refractivity contribution in [1.82, 2.24) is 0 Å². The molecule has 0 atom stereocenters. The number of thiophene rings is 1. The Morgan fingerprint density at radius 1 is 1.20 bits per heavy atom. The maximum atomic E-state index is 12.4. The van der Waals surface area contributed by atoms with Gasteiger partial charge in [-0.25, -0.2) is 4.79 Å². The molecule has 0 amide bonds. The summed E-state index contributed by atoms with van der Waals surface area (Å²) in [6.07, 6.45) is 0. The lowest BCUT2D eigenvalue weighted by Crippen LogP contribution is -2.18. The predicted molar refractivity (Wildman–Crippen MR) is 74.0 cm³/mol. The standard InChI is InChI=1S/C14H7ClO4S/c1-19-14(18)9-5-7-11(16)6-3-2-4-8(15)10(6)12(17)13(7)20-9/h2-5H,1H3. The zero-order valence-electron chi connectivity index (χ0n) is 10.2. The zero-order chi connectivity index (χ0) is 14.4. The van der Waals surface area contributed by atoms with E-state index in [2.05, 4.69) is 4.74 Å². The topological polar surface area (TPSA) is 60.4 Å². The van der Waals surface area contributed by atoms with E-state index in [1.165, 1.54) is 13.2 Å². The van der Waals surface area contributed by atoms with Gasteiger partial charge in [0.1, 0.15) is 4.88 Å². The number of carbonyl (C=O) groups is 3. The van der Waals surface area contributed by atoms with Gasteiger partial charge in [-0.15, -0.1) is 11.3 Å². The molecule has 1 aromatic carbocycles. The SMILES string of the molecule is COC(=O)c1cc2c(s1)C(=O)c1c(Cl)cccc1C2=O. The molecular weight excluding hydrogens is 300 g/mol. The molecule has 2 aromatic rings. The molecule has 6 heteroatoms. The van der Waals surface area contributed by atoms with E-state index in [0.717, 1.165) is 11.3 Å². The Bertz CT molecular complexity index is 775. The molecule has 0 radical (unpaired) electrons. The Hall–Kier alpha value is -1.98. The monoisotopic (exact) mass is 306 g/mol. The lowest BCUT2D eigenvalue weighted by Gasteiger charge is -2.14. The summed E-state index contributed by atoms with van der Waals surface area (Å²) < 4.78 is 4.61. The summed E-state index contributed by atoms with van der Waals surface area (Å²) in [7, 11) is 1.25. The van der Waals surface area contributed by atoms with Crippen molar-refractivity contribution in [2.75, 3.05) is 7.11 Å². The summed E-state index contributed by atoms with van der Waals surface area (Å²) in [5.74, 6) is -1.20. The number of rotatable bonds is 1. The quantitative estimate of drug-likeness (QED) is 0.649. The maximum Gasteiger partial charge on any atom is 0.348 e. The highest BCUT2D eigenvalue weighted by Crippen LogP contribution is 2.36. The Morgan fingerprint density at radius 2 is 1.95 bits per heavy atom. The van der Waals surface area contributed by atoms with E-state index < -0.39 is 5.97 Å². The van der Waals surface area contributed by atoms with Gasteiger partial charge < -0.3 is 4.74 Å². The maximum absolute atomic E-state index is 12.4. The lowest BCUT2D eigenvalue weighted by molar-refractivity contribution is 0.0606. The van der Waals surface area contributed by atoms with Gasteiger partial charge in [0.05, 0.1) is 22.6 Å². The van der Waals surface area contributed by atoms with E-state index in [4.69, 9.17) is 11.6 Å². The Labute approximate surface area is 122 Å². The van der Waals surface area contributed by atoms with Crippen LogP contribution in [-0.4, -0.2) is 24.6 Å². The van der Waals surface area contributed by atoms with Gasteiger partial charge in [0.15, 0.2) is 5.78 Å². The van der Waals surface area contributed by atoms with Crippen molar-refractivity contribution in [3.8, 4) is 0 Å². The van der Waals surface area contributed by atoms with Crippen LogP contribution >= 0.6 is 22.9 Å². The van der Waals surface area contributed by atoms with Crippen LogP contribution in [0.3, 0.4) is 0 Å². The van der Waals surface area contributed by atoms with Crippen molar-refractivity contribution in [3.05, 3.63) is 55.7 Å². The fraction of sp³-hybridized carbons (Fsp3) is 0.0714. The minimum atomic E-state index is -0.569. The first-order valence-corrected chi connectivity index (χ1v) is 6.84. The highest BCUT2D eigenvalue weighted by Gasteiger charge is 2.34. The molecule has 0 N–H and O–H groups in total. The second kappa shape index (κ2) is 4.54. The molecule has 1 aliphatic carbocycles. The number of methoxy groups -OCH3 is 1. The van der Waals surface area contributed by atoms with Crippen LogP contribution in [0.2, 0.25) is 5.02 Å². The number of carbonyl (C=O) groups excluding carboxylic acids is 3. The Balaban J connectivity index is 2.24. The van der Waals surface area contributed by atoms with Crippen molar-refractivity contribution in [2.45, 2.75) is 0 Å². The number of esters is 1. The van der Waals surface area contributed by atoms with Crippen LogP contribution in [0.25, 0.3) is 0 Å². The summed E-state index contributed by atoms with van der Waals surface area (Å²) in [5, 5.41) is 0.236. The van der Waals surface area contributed by atoms with Crippen molar-refractivity contribution in [3.63, 3.8) is 0 Å². The molecule has 100 valence electrons. The van der Waals surface area contributed by atoms with Crippen molar-refractivity contribution < 1.29 is 19.1 Å². The normalized spacial score (nSPS) is 12.9. The Kier molecular flexibility index (Phi) is 2.96. The molecule has 0 bridgehead atoms. The molecule has 3 rings (SSSR count). The van der Waals surface area contributed by atoms with Gasteiger partial charge in [0.25, 0.3) is 0 Å². The van der Waals surface area contributed by atoms with Crippen LogP contribution in [0.5, 0.6) is 0 Å². The molecule has 0 spiro atoms. The van der Waals surface area contributed by atoms with Gasteiger partial charge in [-0.3, -0.25) is 9.59 Å². The second-order valence-corrected chi connectivity index (χ2v) is 5.63. The van der Waals surface area contributed by atoms with Gasteiger partial charge >= 0.3 is 5.97 Å². The molecule has 0 saturated carbocycles. The van der Waals surface area contributed by atoms with Gasteiger partial charge in [0.2, 0.25) is 5.78 Å². The average Bonchev–Trinajstić information content (AvgIpc) is 2.89. The van der Waals surface area contributed by atoms with Crippen LogP contribution < -0.4 is 0 Å². The van der Waals surface area contributed by atoms with Crippen LogP contribution in [0.4, 0.5) is 0 Å². The summed E-state index contributed by atoms with van der Waals surface area (Å²) in [5.41, 5.74) is 0.698. The third-order valence-electron chi connectivity index (χ3n) is 3.05. The predicted octanol–water partition coefficient (Wildman–Crippen LogP) is 2.96. The second-order valence-electron chi connectivity index (χ2n) is 4.17. The number of hydrogen-bond acceptors (Lipinski definition) is 5. The van der Waals surface area contributed by atoms with Crippen LogP contribution in [0.15, 0.2) is 24.3 Å². The smallest absolute Gasteiger partial charge is 0.348 e. The summed E-state index contributed by atoms with van der Waals surface area (Å²) in [6.45, 7) is 0. The summed E-state index contributed by atoms with van der Waals surface area (Å²) >= 11 is 6.95. The van der Waals surface area contributed by atoms with Gasteiger partial charge in [-0.05, 0) is 12.1 Å². The first kappa shape index (κ1) is 13.0. The number of ether oxygens (including phenoxy) is 1. The van der Waals surface area contributed by atoms with E-state index in [1.807, 2.05) is 0 Å². The number of benzene rings is 1. The molecule has 1 heterocycles. The molecule has 0 fully saturated rings. The average molecular weight is 307 g/mol. The van der Waals surface area contributed by atoms with Crippen LogP contribution in [0, 0.1) is 0 Å². The van der Waals surface area contributed by atoms with E-state index >= 15 is 0 Å². The van der Waals surface area contributed by atoms with E-state index in [9.17, 15) is 14.4 Å². The van der Waals surface area contributed by atoms with Crippen LogP contribution in [0.1, 0.15) is 40.8 Å². The van der Waals surface area contributed by atoms with Gasteiger partial charge in [-0.2, -0.15) is 0 Å². The third-order valence-corrected chi connectivity index (χ3v) is 4.48. The van der Waals surface area contributed by atoms with Crippen molar-refractivity contribution in [2.24, 2.45) is 0 Å². The van der Waals surface area contributed by atoms with Crippen LogP contribution in [-0.2, 0) is 4.74 Å². The molecule has 0 saturated heterocycles. The van der Waals surface area contributed by atoms with E-state index in [-0.39, 0.29) is 43.0 Å². The zero-order valence-corrected chi connectivity index (χ0v) is 11.8. The number of halogens is 1. The van der Waals surface area contributed by atoms with Gasteiger partial charge in [0, 0.05) is 11.1 Å². The number of fused-ring (bicyclic) bond motifs is 2. The van der Waals surface area contributed by atoms with Gasteiger partial charge in [-0.1, -0.05) is 23.7 Å². The Morgan fingerprint density at radius 3 is 2.65 bits per heavy atom. The molecule has 0 aliphatic heterocycles. The molecule has 1 aromatic heterocycles. The summed E-state index contributed by atoms with van der Waals surface area (Å²) in [6, 6.07) is 6.13. The largest absolute Gasteiger partial charge is 0.465 e. The minimum absolute atomic E-state index is 0.199. The van der Waals surface area contributed by atoms with Crippen molar-refractivity contribution >= 4 is 40.5 Å². The van der Waals surface area contributed by atoms with Crippen molar-refractivity contribution in [1.29, 1.82) is 0 Å². The molecule has 0 unspecified atom stereocenters. The molecule has 4 nitrogen and oxygen atoms in total. The minimum Gasteiger partial charge on any atom is -0.465 e. The first-order valence-electron chi connectivity index (χ1n) is 5.64. The third kappa shape index (κ3) is 1.71. The fourth-order valence-electron chi connectivity index (χ4n) is 2.13. The highest BCUT2D eigenvalue weighted by molar-refractivity contribution is 7.16. The molecular formula is C14H7ClO4S. The van der Waals surface area contributed by atoms with E-state index in [0.29, 0.717) is 0 Å².